The molecule has 1 aliphatic carbocycles. The maximum Gasteiger partial charge on any atom is 0.154 e. The first-order valence-corrected chi connectivity index (χ1v) is 4.40. The van der Waals surface area contributed by atoms with Gasteiger partial charge >= 0.3 is 0 Å². The van der Waals surface area contributed by atoms with E-state index in [4.69, 9.17) is 0 Å². The van der Waals surface area contributed by atoms with E-state index < -0.39 is 5.67 Å². The van der Waals surface area contributed by atoms with Crippen LogP contribution in [-0.4, -0.2) is 9.78 Å². The average molecular weight is 170 g/mol. The van der Waals surface area contributed by atoms with Crippen molar-refractivity contribution in [1.29, 1.82) is 0 Å². The molecule has 1 aromatic heterocycles. The lowest BCUT2D eigenvalue weighted by atomic mass is 10.3. The van der Waals surface area contributed by atoms with E-state index in [1.807, 2.05) is 13.8 Å². The van der Waals surface area contributed by atoms with E-state index in [1.165, 1.54) is 0 Å². The van der Waals surface area contributed by atoms with Crippen LogP contribution in [0, 0.1) is 0 Å². The monoisotopic (exact) mass is 170 g/mol. The van der Waals surface area contributed by atoms with Crippen molar-refractivity contribution in [3.8, 4) is 0 Å². The van der Waals surface area contributed by atoms with E-state index in [9.17, 15) is 4.39 Å². The lowest BCUT2D eigenvalue weighted by Gasteiger charge is -1.96. The van der Waals surface area contributed by atoms with Gasteiger partial charge in [0.2, 0.25) is 0 Å². The summed E-state index contributed by atoms with van der Waals surface area (Å²) in [5.41, 5.74) is -0.476. The molecule has 68 valence electrons. The quantitative estimate of drug-likeness (QED) is 0.632. The van der Waals surface area contributed by atoms with Crippen LogP contribution in [0.4, 0.5) is 4.39 Å². The molecule has 2 rings (SSSR count). The van der Waals surface area contributed by atoms with Gasteiger partial charge in [0.1, 0.15) is 0 Å². The van der Waals surface area contributed by atoms with Gasteiger partial charge in [-0.2, -0.15) is 5.10 Å². The Morgan fingerprint density at radius 3 is 2.42 bits per heavy atom. The number of nitrogens with zero attached hydrogens (tertiary/aromatic N) is 2. The van der Waals surface area contributed by atoms with Gasteiger partial charge in [-0.1, -0.05) is 13.8 Å². The topological polar surface area (TPSA) is 17.8 Å². The van der Waals surface area contributed by atoms with Gasteiger partial charge in [-0.3, -0.25) is 4.68 Å². The van der Waals surface area contributed by atoms with Gasteiger partial charge in [0, 0.05) is 13.2 Å². The highest BCUT2D eigenvalue weighted by atomic mass is 19.1. The first-order chi connectivity index (χ1) is 5.71. The molecule has 3 heteroatoms. The van der Waals surface area contributed by atoms with Gasteiger partial charge in [-0.05, 0) is 18.9 Å². The first kappa shape index (κ1) is 9.23. The van der Waals surface area contributed by atoms with Gasteiger partial charge in [-0.25, -0.2) is 4.39 Å². The molecule has 0 aromatic carbocycles. The number of hydrogen-bond donors (Lipinski definition) is 0. The number of halogens is 1. The van der Waals surface area contributed by atoms with Crippen molar-refractivity contribution in [2.24, 2.45) is 7.05 Å². The third-order valence-corrected chi connectivity index (χ3v) is 1.86. The van der Waals surface area contributed by atoms with Crippen LogP contribution in [0.25, 0.3) is 0 Å². The largest absolute Gasteiger partial charge is 0.275 e. The third kappa shape index (κ3) is 1.65. The molecule has 0 amide bonds. The predicted molar refractivity (Wildman–Crippen MR) is 46.6 cm³/mol. The zero-order valence-corrected chi connectivity index (χ0v) is 7.84. The van der Waals surface area contributed by atoms with E-state index in [1.54, 1.807) is 24.0 Å². The number of aryl methyl sites for hydroxylation is 1. The second-order valence-electron chi connectivity index (χ2n) is 2.84. The molecule has 1 heterocycles. The van der Waals surface area contributed by atoms with E-state index in [0.717, 1.165) is 0 Å². The Kier molecular flexibility index (Phi) is 2.50. The fourth-order valence-electron chi connectivity index (χ4n) is 1.02. The van der Waals surface area contributed by atoms with Crippen molar-refractivity contribution >= 4 is 0 Å². The number of aromatic nitrogens is 2. The van der Waals surface area contributed by atoms with Crippen molar-refractivity contribution < 1.29 is 4.39 Å². The maximum absolute atomic E-state index is 13.2. The summed E-state index contributed by atoms with van der Waals surface area (Å²) in [6.45, 7) is 4.00. The number of alkyl halides is 1. The molecule has 0 N–H and O–H groups in total. The van der Waals surface area contributed by atoms with Gasteiger partial charge in [0.15, 0.2) is 5.67 Å². The lowest BCUT2D eigenvalue weighted by Crippen LogP contribution is -1.99. The maximum atomic E-state index is 13.2. The summed E-state index contributed by atoms with van der Waals surface area (Å²) >= 11 is 0. The van der Waals surface area contributed by atoms with E-state index in [-0.39, 0.29) is 0 Å². The Labute approximate surface area is 72.4 Å². The van der Waals surface area contributed by atoms with Crippen LogP contribution in [0.2, 0.25) is 0 Å². The summed E-state index contributed by atoms with van der Waals surface area (Å²) in [6, 6.07) is 1.74. The first-order valence-electron chi connectivity index (χ1n) is 4.40. The summed E-state index contributed by atoms with van der Waals surface area (Å²) in [5, 5.41) is 3.99. The molecule has 1 fully saturated rings. The molecule has 1 saturated carbocycles. The molecule has 1 aromatic rings. The predicted octanol–water partition coefficient (Wildman–Crippen LogP) is 2.40. The SMILES string of the molecule is CC.Cn1ccc(C2(F)CC2)n1. The number of rotatable bonds is 1. The summed E-state index contributed by atoms with van der Waals surface area (Å²) in [5.74, 6) is 0. The fourth-order valence-corrected chi connectivity index (χ4v) is 1.02. The highest BCUT2D eigenvalue weighted by molar-refractivity contribution is 5.17. The van der Waals surface area contributed by atoms with Gasteiger partial charge in [-0.15, -0.1) is 0 Å². The fraction of sp³-hybridized carbons (Fsp3) is 0.667. The Morgan fingerprint density at radius 2 is 2.08 bits per heavy atom. The highest BCUT2D eigenvalue weighted by Gasteiger charge is 2.46. The van der Waals surface area contributed by atoms with E-state index in [2.05, 4.69) is 5.10 Å². The molecule has 0 radical (unpaired) electrons. The van der Waals surface area contributed by atoms with Crippen LogP contribution in [0.15, 0.2) is 12.3 Å². The molecule has 0 unspecified atom stereocenters. The standard InChI is InChI=1S/C7H9FN2.C2H6/c1-10-5-2-6(9-10)7(8)3-4-7;1-2/h2,5H,3-4H2,1H3;1-2H3. The van der Waals surface area contributed by atoms with Crippen molar-refractivity contribution in [3.63, 3.8) is 0 Å². The van der Waals surface area contributed by atoms with Crippen LogP contribution in [-0.2, 0) is 12.7 Å². The second kappa shape index (κ2) is 3.25. The Bertz CT molecular complexity index is 251. The van der Waals surface area contributed by atoms with E-state index >= 15 is 0 Å². The zero-order chi connectivity index (χ0) is 9.19. The minimum atomic E-state index is -1.07. The molecule has 1 aliphatic rings. The van der Waals surface area contributed by atoms with Gasteiger partial charge < -0.3 is 0 Å². The second-order valence-corrected chi connectivity index (χ2v) is 2.84. The van der Waals surface area contributed by atoms with Crippen LogP contribution in [0.3, 0.4) is 0 Å². The molecule has 0 spiro atoms. The molecule has 0 bridgehead atoms. The number of hydrogen-bond acceptors (Lipinski definition) is 1. The Hall–Kier alpha value is -0.860. The van der Waals surface area contributed by atoms with Gasteiger partial charge in [0.25, 0.3) is 0 Å². The van der Waals surface area contributed by atoms with Gasteiger partial charge in [0.05, 0.1) is 5.69 Å². The molecule has 12 heavy (non-hydrogen) atoms. The molecule has 2 nitrogen and oxygen atoms in total. The van der Waals surface area contributed by atoms with Crippen LogP contribution in [0.1, 0.15) is 32.4 Å². The van der Waals surface area contributed by atoms with Crippen molar-refractivity contribution in [2.45, 2.75) is 32.4 Å². The molecule has 0 aliphatic heterocycles. The summed E-state index contributed by atoms with van der Waals surface area (Å²) in [4.78, 5) is 0. The normalized spacial score (nSPS) is 18.0. The smallest absolute Gasteiger partial charge is 0.154 e. The average Bonchev–Trinajstić information content (AvgIpc) is 2.66. The summed E-state index contributed by atoms with van der Waals surface area (Å²) in [7, 11) is 1.80. The minimum absolute atomic E-state index is 0.593. The Morgan fingerprint density at radius 1 is 1.50 bits per heavy atom. The summed E-state index contributed by atoms with van der Waals surface area (Å²) < 4.78 is 14.8. The van der Waals surface area contributed by atoms with Crippen molar-refractivity contribution in [2.75, 3.05) is 0 Å². The minimum Gasteiger partial charge on any atom is -0.275 e. The molecular formula is C9H15FN2. The molecular weight excluding hydrogens is 155 g/mol. The molecule has 0 atom stereocenters. The van der Waals surface area contributed by atoms with Crippen LogP contribution < -0.4 is 0 Å². The summed E-state index contributed by atoms with van der Waals surface area (Å²) in [6.07, 6.45) is 3.06. The van der Waals surface area contributed by atoms with Crippen LogP contribution in [0.5, 0.6) is 0 Å². The van der Waals surface area contributed by atoms with Crippen molar-refractivity contribution in [1.82, 2.24) is 9.78 Å². The highest BCUT2D eigenvalue weighted by Crippen LogP contribution is 2.48. The van der Waals surface area contributed by atoms with Crippen molar-refractivity contribution in [3.05, 3.63) is 18.0 Å². The lowest BCUT2D eigenvalue weighted by molar-refractivity contribution is 0.307. The van der Waals surface area contributed by atoms with Crippen LogP contribution >= 0.6 is 0 Å². The Balaban J connectivity index is 0.000000336. The third-order valence-electron chi connectivity index (χ3n) is 1.86. The van der Waals surface area contributed by atoms with E-state index in [0.29, 0.717) is 18.5 Å². The molecule has 0 saturated heterocycles. The zero-order valence-electron chi connectivity index (χ0n) is 7.84.